The van der Waals surface area contributed by atoms with Crippen LogP contribution in [0.5, 0.6) is 0 Å². The minimum atomic E-state index is -1.11. The van der Waals surface area contributed by atoms with Crippen LogP contribution in [0.4, 0.5) is 8.78 Å². The zero-order valence-corrected chi connectivity index (χ0v) is 9.80. The first-order valence-corrected chi connectivity index (χ1v) is 5.37. The van der Waals surface area contributed by atoms with E-state index in [-0.39, 0.29) is 5.56 Å². The van der Waals surface area contributed by atoms with Crippen LogP contribution >= 0.6 is 0 Å². The van der Waals surface area contributed by atoms with E-state index in [4.69, 9.17) is 0 Å². The summed E-state index contributed by atoms with van der Waals surface area (Å²) in [5.74, 6) is -2.23. The van der Waals surface area contributed by atoms with Crippen LogP contribution in [0.15, 0.2) is 18.2 Å². The van der Waals surface area contributed by atoms with E-state index < -0.39 is 23.6 Å². The molecule has 17 heavy (non-hydrogen) atoms. The molecule has 0 fully saturated rings. The molecule has 0 heterocycles. The highest BCUT2D eigenvalue weighted by molar-refractivity contribution is 5.77. The number of hydrogen-bond donors (Lipinski definition) is 1. The first-order valence-electron chi connectivity index (χ1n) is 5.37. The predicted octanol–water partition coefficient (Wildman–Crippen LogP) is 2.18. The van der Waals surface area contributed by atoms with Gasteiger partial charge in [0.1, 0.15) is 17.7 Å². The normalized spacial score (nSPS) is 12.2. The molecule has 0 aliphatic rings. The number of carbonyl (C=O) groups excluding carboxylic acids is 1. The van der Waals surface area contributed by atoms with Gasteiger partial charge in [0.05, 0.1) is 12.7 Å². The van der Waals surface area contributed by atoms with Crippen molar-refractivity contribution in [3.05, 3.63) is 35.4 Å². The Hall–Kier alpha value is -1.49. The summed E-state index contributed by atoms with van der Waals surface area (Å²) in [5.41, 5.74) is -0.298. The molecule has 1 aromatic carbocycles. The summed E-state index contributed by atoms with van der Waals surface area (Å²) in [5, 5.41) is 2.76. The first-order chi connectivity index (χ1) is 8.11. The molecule has 94 valence electrons. The zero-order valence-electron chi connectivity index (χ0n) is 9.80. The van der Waals surface area contributed by atoms with E-state index in [9.17, 15) is 13.6 Å². The number of ether oxygens (including phenoxy) is 1. The SMILES string of the molecule is CCCNC(C(=O)OC)c1c(F)cccc1F. The Balaban J connectivity index is 3.07. The quantitative estimate of drug-likeness (QED) is 0.805. The molecule has 0 aliphatic heterocycles. The van der Waals surface area contributed by atoms with Crippen LogP contribution in [0.1, 0.15) is 24.9 Å². The average molecular weight is 243 g/mol. The molecule has 0 amide bonds. The Morgan fingerprint density at radius 1 is 1.41 bits per heavy atom. The number of carbonyl (C=O) groups is 1. The third kappa shape index (κ3) is 3.23. The van der Waals surface area contributed by atoms with Gasteiger partial charge in [-0.25, -0.2) is 13.6 Å². The van der Waals surface area contributed by atoms with Gasteiger partial charge in [-0.3, -0.25) is 0 Å². The lowest BCUT2D eigenvalue weighted by Crippen LogP contribution is -2.31. The fourth-order valence-electron chi connectivity index (χ4n) is 1.50. The van der Waals surface area contributed by atoms with Crippen molar-refractivity contribution in [1.29, 1.82) is 0 Å². The Morgan fingerprint density at radius 2 is 2.00 bits per heavy atom. The van der Waals surface area contributed by atoms with Gasteiger partial charge in [0.15, 0.2) is 0 Å². The maximum absolute atomic E-state index is 13.5. The molecule has 0 aromatic heterocycles. The number of methoxy groups -OCH3 is 1. The molecular weight excluding hydrogens is 228 g/mol. The van der Waals surface area contributed by atoms with Gasteiger partial charge < -0.3 is 10.1 Å². The van der Waals surface area contributed by atoms with Gasteiger partial charge >= 0.3 is 5.97 Å². The summed E-state index contributed by atoms with van der Waals surface area (Å²) in [6, 6.07) is 2.37. The van der Waals surface area contributed by atoms with Crippen molar-refractivity contribution >= 4 is 5.97 Å². The van der Waals surface area contributed by atoms with Gasteiger partial charge in [0.2, 0.25) is 0 Å². The minimum Gasteiger partial charge on any atom is -0.468 e. The van der Waals surface area contributed by atoms with Crippen LogP contribution in [0.3, 0.4) is 0 Å². The highest BCUT2D eigenvalue weighted by Gasteiger charge is 2.26. The van der Waals surface area contributed by atoms with Gasteiger partial charge in [-0.05, 0) is 25.1 Å². The topological polar surface area (TPSA) is 38.3 Å². The second kappa shape index (κ2) is 6.30. The minimum absolute atomic E-state index is 0.298. The summed E-state index contributed by atoms with van der Waals surface area (Å²) in [7, 11) is 1.18. The molecule has 1 atom stereocenters. The molecule has 1 N–H and O–H groups in total. The number of rotatable bonds is 5. The Labute approximate surface area is 98.8 Å². The largest absolute Gasteiger partial charge is 0.468 e. The Morgan fingerprint density at radius 3 is 2.47 bits per heavy atom. The van der Waals surface area contributed by atoms with Crippen molar-refractivity contribution in [2.45, 2.75) is 19.4 Å². The molecule has 3 nitrogen and oxygen atoms in total. The standard InChI is InChI=1S/C12H15F2NO2/c1-3-7-15-11(12(16)17-2)10-8(13)5-4-6-9(10)14/h4-6,11,15H,3,7H2,1-2H3. The summed E-state index contributed by atoms with van der Waals surface area (Å²) in [6.07, 6.45) is 0.740. The predicted molar refractivity (Wildman–Crippen MR) is 59.4 cm³/mol. The van der Waals surface area contributed by atoms with Crippen molar-refractivity contribution in [2.24, 2.45) is 0 Å². The average Bonchev–Trinajstić information content (AvgIpc) is 2.32. The maximum Gasteiger partial charge on any atom is 0.327 e. The molecule has 5 heteroatoms. The number of nitrogens with one attached hydrogen (secondary N) is 1. The molecule has 0 aliphatic carbocycles. The lowest BCUT2D eigenvalue weighted by molar-refractivity contribution is -0.143. The van der Waals surface area contributed by atoms with E-state index >= 15 is 0 Å². The van der Waals surface area contributed by atoms with Crippen molar-refractivity contribution in [3.63, 3.8) is 0 Å². The van der Waals surface area contributed by atoms with Crippen LogP contribution in [0.2, 0.25) is 0 Å². The number of benzene rings is 1. The van der Waals surface area contributed by atoms with Crippen LogP contribution in [0.25, 0.3) is 0 Å². The van der Waals surface area contributed by atoms with E-state index in [1.54, 1.807) is 0 Å². The molecule has 0 saturated heterocycles. The van der Waals surface area contributed by atoms with E-state index in [1.807, 2.05) is 6.92 Å². The van der Waals surface area contributed by atoms with Crippen LogP contribution in [-0.2, 0) is 9.53 Å². The smallest absolute Gasteiger partial charge is 0.327 e. The van der Waals surface area contributed by atoms with Crippen LogP contribution in [0, 0.1) is 11.6 Å². The molecule has 0 bridgehead atoms. The molecule has 0 spiro atoms. The van der Waals surface area contributed by atoms with Crippen molar-refractivity contribution in [3.8, 4) is 0 Å². The molecule has 1 unspecified atom stereocenters. The first kappa shape index (κ1) is 13.6. The fraction of sp³-hybridized carbons (Fsp3) is 0.417. The summed E-state index contributed by atoms with van der Waals surface area (Å²) < 4.78 is 31.6. The van der Waals surface area contributed by atoms with Gasteiger partial charge in [-0.2, -0.15) is 0 Å². The lowest BCUT2D eigenvalue weighted by Gasteiger charge is -2.17. The summed E-state index contributed by atoms with van der Waals surface area (Å²) in [6.45, 7) is 2.35. The second-order valence-corrected chi connectivity index (χ2v) is 3.55. The van der Waals surface area contributed by atoms with Gasteiger partial charge in [0.25, 0.3) is 0 Å². The fourth-order valence-corrected chi connectivity index (χ4v) is 1.50. The highest BCUT2D eigenvalue weighted by Crippen LogP contribution is 2.21. The van der Waals surface area contributed by atoms with Crippen LogP contribution < -0.4 is 5.32 Å². The van der Waals surface area contributed by atoms with Gasteiger partial charge in [0, 0.05) is 0 Å². The van der Waals surface area contributed by atoms with Crippen molar-refractivity contribution in [1.82, 2.24) is 5.32 Å². The van der Waals surface area contributed by atoms with E-state index in [2.05, 4.69) is 10.1 Å². The second-order valence-electron chi connectivity index (χ2n) is 3.55. The molecule has 0 saturated carbocycles. The highest BCUT2D eigenvalue weighted by atomic mass is 19.1. The summed E-state index contributed by atoms with van der Waals surface area (Å²) >= 11 is 0. The number of esters is 1. The van der Waals surface area contributed by atoms with E-state index in [1.165, 1.54) is 13.2 Å². The number of hydrogen-bond acceptors (Lipinski definition) is 3. The zero-order chi connectivity index (χ0) is 12.8. The number of halogens is 2. The van der Waals surface area contributed by atoms with E-state index in [0.717, 1.165) is 18.6 Å². The maximum atomic E-state index is 13.5. The molecule has 1 rings (SSSR count). The third-order valence-corrected chi connectivity index (χ3v) is 2.32. The van der Waals surface area contributed by atoms with Gasteiger partial charge in [-0.15, -0.1) is 0 Å². The van der Waals surface area contributed by atoms with Crippen LogP contribution in [-0.4, -0.2) is 19.6 Å². The lowest BCUT2D eigenvalue weighted by atomic mass is 10.1. The van der Waals surface area contributed by atoms with Crippen molar-refractivity contribution in [2.75, 3.05) is 13.7 Å². The van der Waals surface area contributed by atoms with E-state index in [0.29, 0.717) is 6.54 Å². The third-order valence-electron chi connectivity index (χ3n) is 2.32. The monoisotopic (exact) mass is 243 g/mol. The van der Waals surface area contributed by atoms with Gasteiger partial charge in [-0.1, -0.05) is 13.0 Å². The molecular formula is C12H15F2NO2. The summed E-state index contributed by atoms with van der Waals surface area (Å²) in [4.78, 5) is 11.5. The Kier molecular flexibility index (Phi) is 5.03. The molecule has 1 aromatic rings. The molecule has 0 radical (unpaired) electrons. The van der Waals surface area contributed by atoms with Crippen molar-refractivity contribution < 1.29 is 18.3 Å². The Bertz CT molecular complexity index is 376.